The lowest BCUT2D eigenvalue weighted by atomic mass is 9.81. The fourth-order valence-electron chi connectivity index (χ4n) is 2.71. The second-order valence-corrected chi connectivity index (χ2v) is 8.62. The van der Waals surface area contributed by atoms with Crippen LogP contribution >= 0.6 is 0 Å². The van der Waals surface area contributed by atoms with Crippen LogP contribution in [0.4, 0.5) is 5.69 Å². The van der Waals surface area contributed by atoms with E-state index in [9.17, 15) is 0 Å². The number of anilines is 1. The molecule has 1 heterocycles. The Labute approximate surface area is 159 Å². The molecule has 0 unspecified atom stereocenters. The summed E-state index contributed by atoms with van der Waals surface area (Å²) in [6.07, 6.45) is 4.48. The molecule has 1 aromatic carbocycles. The molecule has 2 rings (SSSR count). The summed E-state index contributed by atoms with van der Waals surface area (Å²) < 4.78 is 0. The topological polar surface area (TPSA) is 19.4 Å². The first-order valence-electron chi connectivity index (χ1n) is 9.56. The Hall–Kier alpha value is -1.87. The van der Waals surface area contributed by atoms with Crippen molar-refractivity contribution in [2.24, 2.45) is 11.3 Å². The molecule has 0 spiro atoms. The SMILES string of the molecule is Cc1ccc2nc(/C=C/C(C)(C)C(C)C)cc(N(C)CCN(C)C)c2c1. The van der Waals surface area contributed by atoms with Gasteiger partial charge in [0, 0.05) is 31.2 Å². The monoisotopic (exact) mass is 353 g/mol. The van der Waals surface area contributed by atoms with Gasteiger partial charge in [0.15, 0.2) is 0 Å². The highest BCUT2D eigenvalue weighted by Crippen LogP contribution is 2.31. The van der Waals surface area contributed by atoms with Crippen molar-refractivity contribution in [2.45, 2.75) is 34.6 Å². The minimum absolute atomic E-state index is 0.154. The van der Waals surface area contributed by atoms with Crippen molar-refractivity contribution in [1.29, 1.82) is 0 Å². The van der Waals surface area contributed by atoms with Gasteiger partial charge in [-0.1, -0.05) is 45.4 Å². The quantitative estimate of drug-likeness (QED) is 0.679. The van der Waals surface area contributed by atoms with Crippen LogP contribution in [0.25, 0.3) is 17.0 Å². The zero-order chi connectivity index (χ0) is 19.5. The lowest BCUT2D eigenvalue weighted by molar-refractivity contribution is 0.334. The van der Waals surface area contributed by atoms with Gasteiger partial charge < -0.3 is 9.80 Å². The minimum Gasteiger partial charge on any atom is -0.373 e. The van der Waals surface area contributed by atoms with Crippen LogP contribution in [-0.4, -0.2) is 44.1 Å². The van der Waals surface area contributed by atoms with E-state index in [0.29, 0.717) is 5.92 Å². The summed E-state index contributed by atoms with van der Waals surface area (Å²) in [5, 5.41) is 1.23. The van der Waals surface area contributed by atoms with Gasteiger partial charge in [-0.3, -0.25) is 0 Å². The lowest BCUT2D eigenvalue weighted by Crippen LogP contribution is -2.28. The third kappa shape index (κ3) is 5.07. The average Bonchev–Trinajstić information content (AvgIpc) is 2.57. The molecular formula is C23H35N3. The maximum absolute atomic E-state index is 4.89. The van der Waals surface area contributed by atoms with Gasteiger partial charge in [0.1, 0.15) is 0 Å². The average molecular weight is 354 g/mol. The van der Waals surface area contributed by atoms with Crippen molar-refractivity contribution in [3.63, 3.8) is 0 Å². The van der Waals surface area contributed by atoms with Crippen LogP contribution in [0.1, 0.15) is 39.0 Å². The van der Waals surface area contributed by atoms with E-state index in [4.69, 9.17) is 4.98 Å². The number of benzene rings is 1. The summed E-state index contributed by atoms with van der Waals surface area (Å²) >= 11 is 0. The van der Waals surface area contributed by atoms with Crippen molar-refractivity contribution in [3.8, 4) is 0 Å². The van der Waals surface area contributed by atoms with Gasteiger partial charge >= 0.3 is 0 Å². The fourth-order valence-corrected chi connectivity index (χ4v) is 2.71. The highest BCUT2D eigenvalue weighted by Gasteiger charge is 2.18. The number of hydrogen-bond acceptors (Lipinski definition) is 3. The molecule has 0 aliphatic heterocycles. The van der Waals surface area contributed by atoms with E-state index in [1.165, 1.54) is 16.6 Å². The maximum atomic E-state index is 4.89. The second kappa shape index (κ2) is 8.22. The smallest absolute Gasteiger partial charge is 0.0730 e. The Morgan fingerprint density at radius 3 is 2.38 bits per heavy atom. The van der Waals surface area contributed by atoms with Crippen LogP contribution in [0.3, 0.4) is 0 Å². The minimum atomic E-state index is 0.154. The van der Waals surface area contributed by atoms with Crippen molar-refractivity contribution in [1.82, 2.24) is 9.88 Å². The Morgan fingerprint density at radius 1 is 1.08 bits per heavy atom. The first kappa shape index (κ1) is 20.4. The molecule has 3 heteroatoms. The summed E-state index contributed by atoms with van der Waals surface area (Å²) in [4.78, 5) is 9.45. The molecule has 1 aromatic heterocycles. The van der Waals surface area contributed by atoms with Gasteiger partial charge in [0.25, 0.3) is 0 Å². The van der Waals surface area contributed by atoms with Crippen LogP contribution in [0.15, 0.2) is 30.3 Å². The Kier molecular flexibility index (Phi) is 6.46. The molecule has 0 N–H and O–H groups in total. The Bertz CT molecular complexity index is 772. The van der Waals surface area contributed by atoms with Gasteiger partial charge in [0.05, 0.1) is 11.2 Å². The molecule has 3 nitrogen and oxygen atoms in total. The largest absolute Gasteiger partial charge is 0.373 e. The number of likely N-dealkylation sites (N-methyl/N-ethyl adjacent to an activating group) is 2. The molecule has 0 aliphatic rings. The van der Waals surface area contributed by atoms with Gasteiger partial charge in [-0.05, 0) is 56.6 Å². The molecule has 0 aliphatic carbocycles. The van der Waals surface area contributed by atoms with E-state index in [1.807, 2.05) is 0 Å². The van der Waals surface area contributed by atoms with Crippen LogP contribution in [0.2, 0.25) is 0 Å². The van der Waals surface area contributed by atoms with E-state index >= 15 is 0 Å². The molecule has 0 saturated carbocycles. The summed E-state index contributed by atoms with van der Waals surface area (Å²) in [5.74, 6) is 0.587. The summed E-state index contributed by atoms with van der Waals surface area (Å²) in [6.45, 7) is 13.2. The molecule has 0 radical (unpaired) electrons. The molecular weight excluding hydrogens is 318 g/mol. The van der Waals surface area contributed by atoms with E-state index < -0.39 is 0 Å². The van der Waals surface area contributed by atoms with Crippen LogP contribution < -0.4 is 4.90 Å². The van der Waals surface area contributed by atoms with Crippen LogP contribution in [0.5, 0.6) is 0 Å². The molecule has 0 bridgehead atoms. The van der Waals surface area contributed by atoms with Crippen LogP contribution in [0, 0.1) is 18.3 Å². The van der Waals surface area contributed by atoms with Gasteiger partial charge in [0.2, 0.25) is 0 Å². The number of allylic oxidation sites excluding steroid dienone is 1. The number of aryl methyl sites for hydroxylation is 1. The van der Waals surface area contributed by atoms with Crippen molar-refractivity contribution >= 4 is 22.7 Å². The normalized spacial score (nSPS) is 12.7. The van der Waals surface area contributed by atoms with Crippen molar-refractivity contribution in [3.05, 3.63) is 41.6 Å². The first-order chi connectivity index (χ1) is 12.1. The molecule has 0 fully saturated rings. The molecule has 142 valence electrons. The zero-order valence-electron chi connectivity index (χ0n) is 17.8. The van der Waals surface area contributed by atoms with Gasteiger partial charge in [-0.25, -0.2) is 4.98 Å². The number of rotatable bonds is 7. The van der Waals surface area contributed by atoms with Crippen molar-refractivity contribution < 1.29 is 0 Å². The summed E-state index contributed by atoms with van der Waals surface area (Å²) in [6, 6.07) is 8.75. The van der Waals surface area contributed by atoms with Gasteiger partial charge in [-0.15, -0.1) is 0 Å². The lowest BCUT2D eigenvalue weighted by Gasteiger charge is -2.25. The molecule has 0 saturated heterocycles. The number of nitrogens with zero attached hydrogens (tertiary/aromatic N) is 3. The highest BCUT2D eigenvalue weighted by atomic mass is 15.2. The van der Waals surface area contributed by atoms with E-state index in [1.54, 1.807) is 0 Å². The van der Waals surface area contributed by atoms with Crippen LogP contribution in [-0.2, 0) is 0 Å². The predicted octanol–water partition coefficient (Wildman–Crippen LogP) is 5.24. The fraction of sp³-hybridized carbons (Fsp3) is 0.522. The summed E-state index contributed by atoms with van der Waals surface area (Å²) in [5.41, 5.74) is 4.77. The first-order valence-corrected chi connectivity index (χ1v) is 9.56. The molecule has 26 heavy (non-hydrogen) atoms. The number of hydrogen-bond donors (Lipinski definition) is 0. The highest BCUT2D eigenvalue weighted by molar-refractivity contribution is 5.93. The number of pyridine rings is 1. The maximum Gasteiger partial charge on any atom is 0.0730 e. The molecule has 0 amide bonds. The van der Waals surface area contributed by atoms with Gasteiger partial charge in [-0.2, -0.15) is 0 Å². The molecule has 0 atom stereocenters. The number of aromatic nitrogens is 1. The standard InChI is InChI=1S/C23H35N3/c1-17(2)23(4,5)12-11-19-16-22(26(8)14-13-25(6)7)20-15-18(3)9-10-21(20)24-19/h9-12,15-17H,13-14H2,1-8H3/b12-11+. The van der Waals surface area contributed by atoms with E-state index in [2.05, 4.69) is 102 Å². The number of fused-ring (bicyclic) bond motifs is 1. The molecule has 2 aromatic rings. The zero-order valence-corrected chi connectivity index (χ0v) is 17.8. The third-order valence-corrected chi connectivity index (χ3v) is 5.43. The van der Waals surface area contributed by atoms with Crippen molar-refractivity contribution in [2.75, 3.05) is 39.1 Å². The summed E-state index contributed by atoms with van der Waals surface area (Å²) in [7, 11) is 6.40. The van der Waals surface area contributed by atoms with E-state index in [-0.39, 0.29) is 5.41 Å². The second-order valence-electron chi connectivity index (χ2n) is 8.62. The Balaban J connectivity index is 2.47. The Morgan fingerprint density at radius 2 is 1.77 bits per heavy atom. The predicted molar refractivity (Wildman–Crippen MR) is 116 cm³/mol. The third-order valence-electron chi connectivity index (χ3n) is 5.43. The van der Waals surface area contributed by atoms with E-state index in [0.717, 1.165) is 24.3 Å².